The first-order valence-electron chi connectivity index (χ1n) is 7.99. The second-order valence-electron chi connectivity index (χ2n) is 5.53. The van der Waals surface area contributed by atoms with Gasteiger partial charge < -0.3 is 10.6 Å². The fourth-order valence-corrected chi connectivity index (χ4v) is 2.67. The number of anilines is 2. The molecule has 0 aliphatic heterocycles. The molecule has 0 bridgehead atoms. The fraction of sp³-hybridized carbons (Fsp3) is 0.158. The summed E-state index contributed by atoms with van der Waals surface area (Å²) in [6, 6.07) is 17.7. The Balaban J connectivity index is 1.53. The molecule has 2 aromatic carbocycles. The molecular formula is C19H18Cl2N4. The number of hydrogen-bond donors (Lipinski definition) is 2. The van der Waals surface area contributed by atoms with Crippen molar-refractivity contribution in [1.29, 1.82) is 0 Å². The summed E-state index contributed by atoms with van der Waals surface area (Å²) in [6.45, 7) is 1.39. The fourth-order valence-electron chi connectivity index (χ4n) is 2.35. The average molecular weight is 373 g/mol. The molecular weight excluding hydrogens is 355 g/mol. The number of nitrogens with zero attached hydrogens (tertiary/aromatic N) is 2. The smallest absolute Gasteiger partial charge is 0.224 e. The molecule has 0 fully saturated rings. The van der Waals surface area contributed by atoms with Crippen molar-refractivity contribution in [2.75, 3.05) is 17.2 Å². The highest BCUT2D eigenvalue weighted by atomic mass is 35.5. The number of benzene rings is 2. The van der Waals surface area contributed by atoms with E-state index in [1.807, 2.05) is 36.4 Å². The highest BCUT2D eigenvalue weighted by molar-refractivity contribution is 6.42. The third-order valence-corrected chi connectivity index (χ3v) is 4.39. The maximum absolute atomic E-state index is 6.03. The van der Waals surface area contributed by atoms with E-state index in [1.54, 1.807) is 12.3 Å². The molecule has 0 unspecified atom stereocenters. The van der Waals surface area contributed by atoms with E-state index < -0.39 is 0 Å². The van der Waals surface area contributed by atoms with Gasteiger partial charge in [-0.1, -0.05) is 59.6 Å². The Morgan fingerprint density at radius 2 is 1.68 bits per heavy atom. The summed E-state index contributed by atoms with van der Waals surface area (Å²) in [6.07, 6.45) is 2.65. The third kappa shape index (κ3) is 5.34. The summed E-state index contributed by atoms with van der Waals surface area (Å²) >= 11 is 12.0. The third-order valence-electron chi connectivity index (χ3n) is 3.65. The predicted molar refractivity (Wildman–Crippen MR) is 104 cm³/mol. The monoisotopic (exact) mass is 372 g/mol. The van der Waals surface area contributed by atoms with Gasteiger partial charge in [0.1, 0.15) is 5.82 Å². The average Bonchev–Trinajstić information content (AvgIpc) is 2.64. The lowest BCUT2D eigenvalue weighted by atomic mass is 10.1. The minimum atomic E-state index is 0.548. The van der Waals surface area contributed by atoms with Gasteiger partial charge in [-0.05, 0) is 35.7 Å². The van der Waals surface area contributed by atoms with Gasteiger partial charge in [0, 0.05) is 19.3 Å². The number of hydrogen-bond acceptors (Lipinski definition) is 4. The minimum absolute atomic E-state index is 0.548. The van der Waals surface area contributed by atoms with E-state index in [0.29, 0.717) is 22.5 Å². The zero-order valence-electron chi connectivity index (χ0n) is 13.5. The Labute approximate surface area is 157 Å². The van der Waals surface area contributed by atoms with Crippen molar-refractivity contribution in [3.63, 3.8) is 0 Å². The van der Waals surface area contributed by atoms with Crippen LogP contribution in [0.1, 0.15) is 11.1 Å². The first-order valence-corrected chi connectivity index (χ1v) is 8.75. The normalized spacial score (nSPS) is 10.5. The highest BCUT2D eigenvalue weighted by Gasteiger charge is 2.02. The molecule has 1 aromatic heterocycles. The SMILES string of the molecule is Clc1ccc(CNc2ccnc(NCCc3ccccc3)n2)cc1Cl. The molecule has 0 saturated heterocycles. The van der Waals surface area contributed by atoms with Gasteiger partial charge in [0.15, 0.2) is 0 Å². The van der Waals surface area contributed by atoms with Crippen LogP contribution in [0.3, 0.4) is 0 Å². The summed E-state index contributed by atoms with van der Waals surface area (Å²) in [7, 11) is 0. The zero-order valence-corrected chi connectivity index (χ0v) is 15.1. The molecule has 1 heterocycles. The minimum Gasteiger partial charge on any atom is -0.366 e. The van der Waals surface area contributed by atoms with Crippen LogP contribution in [-0.2, 0) is 13.0 Å². The van der Waals surface area contributed by atoms with Crippen LogP contribution in [0, 0.1) is 0 Å². The molecule has 128 valence electrons. The molecule has 3 aromatic rings. The maximum Gasteiger partial charge on any atom is 0.224 e. The Hall–Kier alpha value is -2.30. The standard InChI is InChI=1S/C19H18Cl2N4/c20-16-7-6-15(12-17(16)21)13-24-18-9-11-23-19(25-18)22-10-8-14-4-2-1-3-5-14/h1-7,9,11-12H,8,10,13H2,(H2,22,23,24,25). The molecule has 0 aliphatic carbocycles. The number of halogens is 2. The first kappa shape index (κ1) is 17.5. The van der Waals surface area contributed by atoms with Crippen molar-refractivity contribution in [3.05, 3.63) is 82.0 Å². The molecule has 0 aliphatic rings. The van der Waals surface area contributed by atoms with Crippen molar-refractivity contribution in [3.8, 4) is 0 Å². The second kappa shape index (κ2) is 8.70. The van der Waals surface area contributed by atoms with Crippen LogP contribution < -0.4 is 10.6 Å². The van der Waals surface area contributed by atoms with E-state index in [2.05, 4.69) is 32.7 Å². The van der Waals surface area contributed by atoms with E-state index >= 15 is 0 Å². The van der Waals surface area contributed by atoms with Gasteiger partial charge in [-0.2, -0.15) is 4.98 Å². The van der Waals surface area contributed by atoms with E-state index in [0.717, 1.165) is 24.3 Å². The summed E-state index contributed by atoms with van der Waals surface area (Å²) in [4.78, 5) is 8.72. The van der Waals surface area contributed by atoms with Crippen molar-refractivity contribution < 1.29 is 0 Å². The second-order valence-corrected chi connectivity index (χ2v) is 6.34. The number of nitrogens with one attached hydrogen (secondary N) is 2. The Morgan fingerprint density at radius 3 is 2.48 bits per heavy atom. The van der Waals surface area contributed by atoms with Crippen molar-refractivity contribution >= 4 is 35.0 Å². The van der Waals surface area contributed by atoms with Crippen LogP contribution in [0.25, 0.3) is 0 Å². The van der Waals surface area contributed by atoms with E-state index in [1.165, 1.54) is 5.56 Å². The van der Waals surface area contributed by atoms with Crippen LogP contribution in [-0.4, -0.2) is 16.5 Å². The number of rotatable bonds is 7. The zero-order chi connectivity index (χ0) is 17.5. The van der Waals surface area contributed by atoms with Crippen LogP contribution >= 0.6 is 23.2 Å². The van der Waals surface area contributed by atoms with Gasteiger partial charge in [-0.15, -0.1) is 0 Å². The van der Waals surface area contributed by atoms with Gasteiger partial charge in [0.2, 0.25) is 5.95 Å². The van der Waals surface area contributed by atoms with Crippen LogP contribution in [0.4, 0.5) is 11.8 Å². The molecule has 0 spiro atoms. The molecule has 4 nitrogen and oxygen atoms in total. The molecule has 0 radical (unpaired) electrons. The van der Waals surface area contributed by atoms with E-state index in [-0.39, 0.29) is 0 Å². The molecule has 3 rings (SSSR count). The van der Waals surface area contributed by atoms with Gasteiger partial charge in [-0.25, -0.2) is 4.98 Å². The van der Waals surface area contributed by atoms with Crippen molar-refractivity contribution in [2.45, 2.75) is 13.0 Å². The van der Waals surface area contributed by atoms with E-state index in [4.69, 9.17) is 23.2 Å². The van der Waals surface area contributed by atoms with Crippen LogP contribution in [0.15, 0.2) is 60.8 Å². The Kier molecular flexibility index (Phi) is 6.09. The van der Waals surface area contributed by atoms with Gasteiger partial charge in [0.25, 0.3) is 0 Å². The maximum atomic E-state index is 6.03. The summed E-state index contributed by atoms with van der Waals surface area (Å²) in [5, 5.41) is 7.61. The topological polar surface area (TPSA) is 49.8 Å². The summed E-state index contributed by atoms with van der Waals surface area (Å²) < 4.78 is 0. The van der Waals surface area contributed by atoms with Gasteiger partial charge in [0.05, 0.1) is 10.0 Å². The van der Waals surface area contributed by atoms with Crippen molar-refractivity contribution in [2.24, 2.45) is 0 Å². The van der Waals surface area contributed by atoms with Gasteiger partial charge >= 0.3 is 0 Å². The molecule has 2 N–H and O–H groups in total. The Morgan fingerprint density at radius 1 is 0.840 bits per heavy atom. The molecule has 25 heavy (non-hydrogen) atoms. The van der Waals surface area contributed by atoms with Crippen molar-refractivity contribution in [1.82, 2.24) is 9.97 Å². The largest absolute Gasteiger partial charge is 0.366 e. The Bertz CT molecular complexity index is 825. The van der Waals surface area contributed by atoms with Gasteiger partial charge in [-0.3, -0.25) is 0 Å². The highest BCUT2D eigenvalue weighted by Crippen LogP contribution is 2.23. The van der Waals surface area contributed by atoms with Crippen LogP contribution in [0.2, 0.25) is 10.0 Å². The van der Waals surface area contributed by atoms with Crippen LogP contribution in [0.5, 0.6) is 0 Å². The lowest BCUT2D eigenvalue weighted by Crippen LogP contribution is -2.09. The molecule has 0 amide bonds. The predicted octanol–water partition coefficient (Wildman–Crippen LogP) is 5.05. The summed E-state index contributed by atoms with van der Waals surface area (Å²) in [5.74, 6) is 1.36. The lowest BCUT2D eigenvalue weighted by molar-refractivity contribution is 0.979. The molecule has 0 saturated carbocycles. The van der Waals surface area contributed by atoms with E-state index in [9.17, 15) is 0 Å². The molecule has 0 atom stereocenters. The number of aromatic nitrogens is 2. The quantitative estimate of drug-likeness (QED) is 0.609. The molecule has 6 heteroatoms. The first-order chi connectivity index (χ1) is 12.2. The summed E-state index contributed by atoms with van der Waals surface area (Å²) in [5.41, 5.74) is 2.32. The lowest BCUT2D eigenvalue weighted by Gasteiger charge is -2.09.